The summed E-state index contributed by atoms with van der Waals surface area (Å²) in [5.74, 6) is 2.16. The molecule has 2 aromatic heterocycles. The highest BCUT2D eigenvalue weighted by molar-refractivity contribution is 5.94. The summed E-state index contributed by atoms with van der Waals surface area (Å²) >= 11 is 0. The Morgan fingerprint density at radius 1 is 1.03 bits per heavy atom. The molecule has 1 N–H and O–H groups in total. The van der Waals surface area contributed by atoms with E-state index in [1.165, 1.54) is 0 Å². The maximum absolute atomic E-state index is 12.8. The molecule has 7 nitrogen and oxygen atoms in total. The first-order valence-corrected chi connectivity index (χ1v) is 11.6. The molecule has 4 aromatic rings. The predicted octanol–water partition coefficient (Wildman–Crippen LogP) is 4.65. The van der Waals surface area contributed by atoms with E-state index in [1.54, 1.807) is 11.8 Å². The maximum atomic E-state index is 12.8. The molecule has 34 heavy (non-hydrogen) atoms. The van der Waals surface area contributed by atoms with Crippen LogP contribution in [0, 0.1) is 0 Å². The Morgan fingerprint density at radius 3 is 2.62 bits per heavy atom. The number of nitrogens with one attached hydrogen (secondary N) is 1. The van der Waals surface area contributed by atoms with Crippen molar-refractivity contribution < 1.29 is 9.53 Å². The molecule has 7 heteroatoms. The van der Waals surface area contributed by atoms with Gasteiger partial charge in [-0.05, 0) is 73.9 Å². The van der Waals surface area contributed by atoms with Gasteiger partial charge in [0.15, 0.2) is 11.6 Å². The van der Waals surface area contributed by atoms with Gasteiger partial charge in [0.2, 0.25) is 0 Å². The second-order valence-corrected chi connectivity index (χ2v) is 7.93. The van der Waals surface area contributed by atoms with Crippen LogP contribution in [0.4, 0.5) is 0 Å². The zero-order valence-electron chi connectivity index (χ0n) is 19.6. The van der Waals surface area contributed by atoms with Crippen LogP contribution in [0.2, 0.25) is 0 Å². The Balaban J connectivity index is 1.44. The summed E-state index contributed by atoms with van der Waals surface area (Å²) in [4.78, 5) is 21.8. The molecule has 0 aliphatic carbocycles. The monoisotopic (exact) mass is 455 g/mol. The van der Waals surface area contributed by atoms with Gasteiger partial charge in [0.05, 0.1) is 12.8 Å². The van der Waals surface area contributed by atoms with Crippen molar-refractivity contribution >= 4 is 5.91 Å². The number of carbonyl (C=O) groups is 1. The lowest BCUT2D eigenvalue weighted by Gasteiger charge is -2.09. The van der Waals surface area contributed by atoms with E-state index in [9.17, 15) is 4.79 Å². The van der Waals surface area contributed by atoms with Crippen molar-refractivity contribution in [2.24, 2.45) is 0 Å². The van der Waals surface area contributed by atoms with Crippen molar-refractivity contribution in [3.63, 3.8) is 0 Å². The molecule has 1 amide bonds. The van der Waals surface area contributed by atoms with E-state index in [-0.39, 0.29) is 5.91 Å². The second-order valence-electron chi connectivity index (χ2n) is 7.93. The summed E-state index contributed by atoms with van der Waals surface area (Å²) in [7, 11) is 1.64. The van der Waals surface area contributed by atoms with Crippen molar-refractivity contribution in [1.29, 1.82) is 0 Å². The number of nitrogens with zero attached hydrogens (tertiary/aromatic N) is 4. The standard InChI is InChI=1S/C27H29N5O2/c1-3-25-30-26(20-13-15-24(34-2)16-14-20)32(31-25)23-12-8-9-21(19-23)27(33)29-18-7-5-11-22-10-4-6-17-28-22/h4,6,8-10,12-17,19H,3,5,7,11,18H2,1-2H3,(H,29,33). The molecule has 2 heterocycles. The van der Waals surface area contributed by atoms with Crippen LogP contribution in [-0.2, 0) is 12.8 Å². The van der Waals surface area contributed by atoms with Gasteiger partial charge in [0.25, 0.3) is 5.91 Å². The van der Waals surface area contributed by atoms with Crippen LogP contribution in [0.3, 0.4) is 0 Å². The molecule has 0 spiro atoms. The van der Waals surface area contributed by atoms with Crippen LogP contribution in [0.1, 0.15) is 41.6 Å². The van der Waals surface area contributed by atoms with E-state index >= 15 is 0 Å². The number of aromatic nitrogens is 4. The number of carbonyl (C=O) groups excluding carboxylic acids is 1. The zero-order chi connectivity index (χ0) is 23.8. The number of amides is 1. The van der Waals surface area contributed by atoms with Gasteiger partial charge in [-0.1, -0.05) is 19.1 Å². The number of methoxy groups -OCH3 is 1. The van der Waals surface area contributed by atoms with Gasteiger partial charge >= 0.3 is 0 Å². The molecule has 0 atom stereocenters. The molecular formula is C27H29N5O2. The Hall–Kier alpha value is -4.00. The third-order valence-electron chi connectivity index (χ3n) is 5.54. The number of pyridine rings is 1. The van der Waals surface area contributed by atoms with Crippen molar-refractivity contribution in [3.8, 4) is 22.8 Å². The number of rotatable bonds is 10. The third-order valence-corrected chi connectivity index (χ3v) is 5.54. The minimum Gasteiger partial charge on any atom is -0.497 e. The maximum Gasteiger partial charge on any atom is 0.251 e. The first kappa shape index (κ1) is 23.2. The quantitative estimate of drug-likeness (QED) is 0.352. The fourth-order valence-electron chi connectivity index (χ4n) is 3.67. The Morgan fingerprint density at radius 2 is 1.88 bits per heavy atom. The van der Waals surface area contributed by atoms with E-state index < -0.39 is 0 Å². The number of ether oxygens (including phenoxy) is 1. The van der Waals surface area contributed by atoms with Crippen molar-refractivity contribution in [1.82, 2.24) is 25.1 Å². The first-order chi connectivity index (χ1) is 16.7. The molecule has 4 rings (SSSR count). The van der Waals surface area contributed by atoms with E-state index in [0.29, 0.717) is 12.1 Å². The largest absolute Gasteiger partial charge is 0.497 e. The predicted molar refractivity (Wildman–Crippen MR) is 132 cm³/mol. The SMILES string of the molecule is CCc1nc(-c2ccc(OC)cc2)n(-c2cccc(C(=O)NCCCCc3ccccn3)c2)n1. The minimum absolute atomic E-state index is 0.0958. The van der Waals surface area contributed by atoms with Crippen LogP contribution in [0.25, 0.3) is 17.1 Å². The number of aryl methyl sites for hydroxylation is 2. The topological polar surface area (TPSA) is 81.9 Å². The highest BCUT2D eigenvalue weighted by Crippen LogP contribution is 2.24. The summed E-state index contributed by atoms with van der Waals surface area (Å²) in [5, 5.41) is 7.69. The van der Waals surface area contributed by atoms with Crippen LogP contribution < -0.4 is 10.1 Å². The van der Waals surface area contributed by atoms with Gasteiger partial charge in [-0.2, -0.15) is 5.10 Å². The number of hydrogen-bond donors (Lipinski definition) is 1. The van der Waals surface area contributed by atoms with Gasteiger partial charge in [-0.25, -0.2) is 9.67 Å². The molecule has 0 unspecified atom stereocenters. The molecule has 0 saturated heterocycles. The minimum atomic E-state index is -0.0958. The first-order valence-electron chi connectivity index (χ1n) is 11.6. The Labute approximate surface area is 199 Å². The smallest absolute Gasteiger partial charge is 0.251 e. The van der Waals surface area contributed by atoms with E-state index in [0.717, 1.165) is 60.0 Å². The second kappa shape index (κ2) is 11.2. The fraction of sp³-hybridized carbons (Fsp3) is 0.259. The molecule has 0 saturated carbocycles. The summed E-state index contributed by atoms with van der Waals surface area (Å²) in [6.45, 7) is 2.64. The number of benzene rings is 2. The van der Waals surface area contributed by atoms with E-state index in [1.807, 2.05) is 79.9 Å². The van der Waals surface area contributed by atoms with Crippen molar-refractivity contribution in [2.75, 3.05) is 13.7 Å². The average Bonchev–Trinajstić information content (AvgIpc) is 3.34. The summed E-state index contributed by atoms with van der Waals surface area (Å²) < 4.78 is 7.06. The van der Waals surface area contributed by atoms with Gasteiger partial charge in [-0.3, -0.25) is 9.78 Å². The van der Waals surface area contributed by atoms with Crippen molar-refractivity contribution in [3.05, 3.63) is 90.0 Å². The normalized spacial score (nSPS) is 10.8. The lowest BCUT2D eigenvalue weighted by molar-refractivity contribution is 0.0953. The lowest BCUT2D eigenvalue weighted by atomic mass is 10.1. The highest BCUT2D eigenvalue weighted by Gasteiger charge is 2.15. The molecular weight excluding hydrogens is 426 g/mol. The van der Waals surface area contributed by atoms with Crippen LogP contribution >= 0.6 is 0 Å². The Bertz CT molecular complexity index is 1220. The van der Waals surface area contributed by atoms with E-state index in [4.69, 9.17) is 9.72 Å². The zero-order valence-corrected chi connectivity index (χ0v) is 19.6. The van der Waals surface area contributed by atoms with Crippen molar-refractivity contribution in [2.45, 2.75) is 32.6 Å². The highest BCUT2D eigenvalue weighted by atomic mass is 16.5. The molecule has 2 aromatic carbocycles. The molecule has 0 radical (unpaired) electrons. The molecule has 0 bridgehead atoms. The van der Waals surface area contributed by atoms with Gasteiger partial charge in [0.1, 0.15) is 5.75 Å². The average molecular weight is 456 g/mol. The van der Waals surface area contributed by atoms with Gasteiger partial charge < -0.3 is 10.1 Å². The van der Waals surface area contributed by atoms with E-state index in [2.05, 4.69) is 15.4 Å². The van der Waals surface area contributed by atoms with Crippen LogP contribution in [-0.4, -0.2) is 39.3 Å². The number of unbranched alkanes of at least 4 members (excludes halogenated alkanes) is 1. The summed E-state index contributed by atoms with van der Waals surface area (Å²) in [5.41, 5.74) is 3.39. The summed E-state index contributed by atoms with van der Waals surface area (Å²) in [6.07, 6.45) is 5.30. The Kier molecular flexibility index (Phi) is 7.65. The van der Waals surface area contributed by atoms with Gasteiger partial charge in [0, 0.05) is 36.0 Å². The molecule has 0 fully saturated rings. The van der Waals surface area contributed by atoms with Crippen LogP contribution in [0.15, 0.2) is 72.9 Å². The molecule has 0 aliphatic heterocycles. The number of hydrogen-bond acceptors (Lipinski definition) is 5. The summed E-state index contributed by atoms with van der Waals surface area (Å²) in [6, 6.07) is 21.1. The van der Waals surface area contributed by atoms with Crippen LogP contribution in [0.5, 0.6) is 5.75 Å². The molecule has 174 valence electrons. The third kappa shape index (κ3) is 5.67. The molecule has 0 aliphatic rings. The lowest BCUT2D eigenvalue weighted by Crippen LogP contribution is -2.24. The van der Waals surface area contributed by atoms with Gasteiger partial charge in [-0.15, -0.1) is 0 Å². The fourth-order valence-corrected chi connectivity index (χ4v) is 3.67.